The average Bonchev–Trinajstić information content (AvgIpc) is 2.33. The molecule has 0 amide bonds. The van der Waals surface area contributed by atoms with E-state index in [4.69, 9.17) is 5.14 Å². The summed E-state index contributed by atoms with van der Waals surface area (Å²) in [5, 5.41) is 18.6. The van der Waals surface area contributed by atoms with Crippen LogP contribution in [-0.4, -0.2) is 26.2 Å². The molecule has 0 aliphatic heterocycles. The molecule has 1 aromatic rings. The minimum absolute atomic E-state index is 0.0290. The molecule has 0 heterocycles. The van der Waals surface area contributed by atoms with Crippen molar-refractivity contribution in [2.45, 2.75) is 51.0 Å². The van der Waals surface area contributed by atoms with E-state index < -0.39 is 10.0 Å². The summed E-state index contributed by atoms with van der Waals surface area (Å²) in [7, 11) is -3.69. The van der Waals surface area contributed by atoms with E-state index in [1.807, 2.05) is 6.07 Å². The van der Waals surface area contributed by atoms with E-state index in [0.29, 0.717) is 6.54 Å². The van der Waals surface area contributed by atoms with Crippen molar-refractivity contribution in [3.8, 4) is 0 Å². The molecule has 2 atom stereocenters. The summed E-state index contributed by atoms with van der Waals surface area (Å²) in [5.74, 6) is 0. The minimum Gasteiger partial charge on any atom is -0.393 e. The van der Waals surface area contributed by atoms with Crippen LogP contribution in [0.1, 0.15) is 40.0 Å². The molecule has 1 aromatic carbocycles. The summed E-state index contributed by atoms with van der Waals surface area (Å²) in [4.78, 5) is 0.103. The van der Waals surface area contributed by atoms with Gasteiger partial charge in [0.1, 0.15) is 0 Å². The summed E-state index contributed by atoms with van der Waals surface area (Å²) in [5.41, 5.74) is 0.806. The van der Waals surface area contributed by atoms with E-state index in [-0.39, 0.29) is 21.8 Å². The zero-order valence-corrected chi connectivity index (χ0v) is 14.3. The van der Waals surface area contributed by atoms with Gasteiger partial charge in [-0.1, -0.05) is 26.8 Å². The van der Waals surface area contributed by atoms with Gasteiger partial charge in [-0.2, -0.15) is 0 Å². The van der Waals surface area contributed by atoms with Crippen molar-refractivity contribution >= 4 is 15.7 Å². The molecule has 6 heteroatoms. The van der Waals surface area contributed by atoms with Crippen LogP contribution in [-0.2, 0) is 10.0 Å². The molecule has 2 rings (SSSR count). The lowest BCUT2D eigenvalue weighted by molar-refractivity contribution is -0.00317. The number of rotatable bonds is 4. The molecule has 1 aliphatic carbocycles. The smallest absolute Gasteiger partial charge is 0.238 e. The zero-order chi connectivity index (χ0) is 16.6. The Kier molecular flexibility index (Phi) is 4.57. The van der Waals surface area contributed by atoms with Gasteiger partial charge >= 0.3 is 0 Å². The Bertz CT molecular complexity index is 643. The second kappa shape index (κ2) is 5.83. The Morgan fingerprint density at radius 2 is 2.00 bits per heavy atom. The molecule has 1 fully saturated rings. The lowest BCUT2D eigenvalue weighted by atomic mass is 9.63. The molecule has 0 radical (unpaired) electrons. The van der Waals surface area contributed by atoms with Gasteiger partial charge in [0.2, 0.25) is 10.0 Å². The Hall–Kier alpha value is -1.11. The highest BCUT2D eigenvalue weighted by atomic mass is 32.2. The van der Waals surface area contributed by atoms with Gasteiger partial charge in [0.25, 0.3) is 0 Å². The van der Waals surface area contributed by atoms with Crippen LogP contribution in [0.25, 0.3) is 0 Å². The van der Waals surface area contributed by atoms with Gasteiger partial charge in [-0.25, -0.2) is 13.6 Å². The highest BCUT2D eigenvalue weighted by Crippen LogP contribution is 2.46. The summed E-state index contributed by atoms with van der Waals surface area (Å²) in [6.07, 6.45) is 2.30. The van der Waals surface area contributed by atoms with Gasteiger partial charge in [-0.15, -0.1) is 0 Å². The number of hydrogen-bond acceptors (Lipinski definition) is 4. The maximum atomic E-state index is 11.4. The van der Waals surface area contributed by atoms with Gasteiger partial charge in [-0.3, -0.25) is 0 Å². The van der Waals surface area contributed by atoms with Gasteiger partial charge in [0, 0.05) is 12.2 Å². The quantitative estimate of drug-likeness (QED) is 0.792. The van der Waals surface area contributed by atoms with Crippen molar-refractivity contribution in [1.29, 1.82) is 0 Å². The Morgan fingerprint density at radius 1 is 1.32 bits per heavy atom. The van der Waals surface area contributed by atoms with Crippen molar-refractivity contribution in [2.75, 3.05) is 11.9 Å². The second-order valence-corrected chi connectivity index (χ2v) is 9.20. The molecule has 0 bridgehead atoms. The first-order valence-electron chi connectivity index (χ1n) is 7.54. The topological polar surface area (TPSA) is 92.4 Å². The number of hydrogen-bond donors (Lipinski definition) is 3. The predicted molar refractivity (Wildman–Crippen MR) is 88.1 cm³/mol. The van der Waals surface area contributed by atoms with Crippen molar-refractivity contribution in [3.63, 3.8) is 0 Å². The van der Waals surface area contributed by atoms with Crippen molar-refractivity contribution < 1.29 is 13.5 Å². The summed E-state index contributed by atoms with van der Waals surface area (Å²) in [6.45, 7) is 7.19. The third-order valence-corrected chi connectivity index (χ3v) is 5.21. The van der Waals surface area contributed by atoms with Crippen LogP contribution in [0.4, 0.5) is 5.69 Å². The lowest BCUT2D eigenvalue weighted by Gasteiger charge is -2.45. The first-order chi connectivity index (χ1) is 9.99. The molecule has 0 saturated heterocycles. The molecule has 124 valence electrons. The van der Waals surface area contributed by atoms with Gasteiger partial charge in [0.15, 0.2) is 0 Å². The molecule has 5 nitrogen and oxygen atoms in total. The zero-order valence-electron chi connectivity index (χ0n) is 13.5. The summed E-state index contributed by atoms with van der Waals surface area (Å²) < 4.78 is 22.8. The number of aliphatic hydroxyl groups is 1. The first kappa shape index (κ1) is 17.2. The highest BCUT2D eigenvalue weighted by Gasteiger charge is 2.40. The van der Waals surface area contributed by atoms with E-state index in [2.05, 4.69) is 26.1 Å². The molecule has 0 aromatic heterocycles. The van der Waals surface area contributed by atoms with Crippen LogP contribution in [0.2, 0.25) is 0 Å². The molecule has 1 saturated carbocycles. The normalized spacial score (nSPS) is 28.3. The fourth-order valence-electron chi connectivity index (χ4n) is 3.81. The minimum atomic E-state index is -3.69. The SMILES string of the molecule is CC1(C)CC(O)CC(C)(CNc2cccc(S(N)(=O)=O)c2)C1. The third-order valence-electron chi connectivity index (χ3n) is 4.30. The van der Waals surface area contributed by atoms with Crippen LogP contribution in [0.15, 0.2) is 29.2 Å². The predicted octanol–water partition coefficient (Wildman–Crippen LogP) is 2.32. The largest absolute Gasteiger partial charge is 0.393 e. The standard InChI is InChI=1S/C16H26N2O3S/c1-15(2)8-13(19)9-16(3,10-15)11-18-12-5-4-6-14(7-12)22(17,20)21/h4-7,13,18-19H,8-11H2,1-3H3,(H2,17,20,21). The Morgan fingerprint density at radius 3 is 2.59 bits per heavy atom. The average molecular weight is 326 g/mol. The van der Waals surface area contributed by atoms with Crippen LogP contribution in [0, 0.1) is 10.8 Å². The van der Waals surface area contributed by atoms with Gasteiger partial charge in [-0.05, 0) is 48.3 Å². The van der Waals surface area contributed by atoms with Crippen molar-refractivity contribution in [3.05, 3.63) is 24.3 Å². The number of benzene rings is 1. The van der Waals surface area contributed by atoms with Crippen LogP contribution >= 0.6 is 0 Å². The molecule has 1 aliphatic rings. The molecule has 22 heavy (non-hydrogen) atoms. The second-order valence-electron chi connectivity index (χ2n) is 7.64. The number of anilines is 1. The van der Waals surface area contributed by atoms with Gasteiger partial charge in [0.05, 0.1) is 11.0 Å². The van der Waals surface area contributed by atoms with E-state index >= 15 is 0 Å². The number of primary sulfonamides is 1. The lowest BCUT2D eigenvalue weighted by Crippen LogP contribution is -2.42. The van der Waals surface area contributed by atoms with Crippen molar-refractivity contribution in [1.82, 2.24) is 0 Å². The molecule has 4 N–H and O–H groups in total. The van der Waals surface area contributed by atoms with E-state index in [9.17, 15) is 13.5 Å². The summed E-state index contributed by atoms with van der Waals surface area (Å²) in [6, 6.07) is 6.52. The highest BCUT2D eigenvalue weighted by molar-refractivity contribution is 7.89. The fraction of sp³-hybridized carbons (Fsp3) is 0.625. The molecule has 0 spiro atoms. The van der Waals surface area contributed by atoms with Gasteiger partial charge < -0.3 is 10.4 Å². The maximum absolute atomic E-state index is 11.4. The number of nitrogens with two attached hydrogens (primary N) is 1. The first-order valence-corrected chi connectivity index (χ1v) is 9.09. The molecular formula is C16H26N2O3S. The number of nitrogens with one attached hydrogen (secondary N) is 1. The van der Waals surface area contributed by atoms with Crippen LogP contribution in [0.3, 0.4) is 0 Å². The Balaban J connectivity index is 2.09. The third kappa shape index (κ3) is 4.44. The Labute approximate surface area is 133 Å². The summed E-state index contributed by atoms with van der Waals surface area (Å²) >= 11 is 0. The fourth-order valence-corrected chi connectivity index (χ4v) is 4.37. The molecule has 2 unspecified atom stereocenters. The van der Waals surface area contributed by atoms with Crippen LogP contribution < -0.4 is 10.5 Å². The van der Waals surface area contributed by atoms with E-state index in [0.717, 1.165) is 24.9 Å². The number of aliphatic hydroxyl groups excluding tert-OH is 1. The maximum Gasteiger partial charge on any atom is 0.238 e. The molecular weight excluding hydrogens is 300 g/mol. The monoisotopic (exact) mass is 326 g/mol. The number of sulfonamides is 1. The van der Waals surface area contributed by atoms with Crippen LogP contribution in [0.5, 0.6) is 0 Å². The van der Waals surface area contributed by atoms with Crippen molar-refractivity contribution in [2.24, 2.45) is 16.0 Å². The van der Waals surface area contributed by atoms with E-state index in [1.54, 1.807) is 12.1 Å². The van der Waals surface area contributed by atoms with E-state index in [1.165, 1.54) is 6.07 Å².